The van der Waals surface area contributed by atoms with Crippen LogP contribution in [0.15, 0.2) is 42.9 Å². The lowest BCUT2D eigenvalue weighted by Crippen LogP contribution is -2.46. The van der Waals surface area contributed by atoms with Crippen molar-refractivity contribution in [3.05, 3.63) is 48.7 Å². The van der Waals surface area contributed by atoms with Crippen molar-refractivity contribution in [2.24, 2.45) is 0 Å². The molecule has 13 heteroatoms. The average Bonchev–Trinajstić information content (AvgIpc) is 3.60. The Morgan fingerprint density at radius 3 is 2.75 bits per heavy atom. The number of likely N-dealkylation sites (tertiary alicyclic amines) is 1. The number of carbonyl (C=O) groups is 2. The molecule has 206 valence electrons. The second-order valence-corrected chi connectivity index (χ2v) is 9.77. The van der Waals surface area contributed by atoms with E-state index in [1.165, 1.54) is 20.3 Å². The van der Waals surface area contributed by atoms with Crippen LogP contribution in [0.25, 0.3) is 22.4 Å². The summed E-state index contributed by atoms with van der Waals surface area (Å²) in [4.78, 5) is 40.2. The van der Waals surface area contributed by atoms with Crippen LogP contribution in [0.4, 0.5) is 15.9 Å². The zero-order chi connectivity index (χ0) is 27.8. The Labute approximate surface area is 228 Å². The van der Waals surface area contributed by atoms with Crippen molar-refractivity contribution in [3.8, 4) is 22.8 Å². The summed E-state index contributed by atoms with van der Waals surface area (Å²) in [6.07, 6.45) is 7.09. The number of hydrogen-bond acceptors (Lipinski definition) is 9. The minimum absolute atomic E-state index is 0.0254. The number of ether oxygens (including phenoxy) is 2. The largest absolute Gasteiger partial charge is 0.497 e. The molecule has 6 rings (SSSR count). The van der Waals surface area contributed by atoms with Gasteiger partial charge in [0.25, 0.3) is 0 Å². The lowest BCUT2D eigenvalue weighted by Gasteiger charge is -2.36. The van der Waals surface area contributed by atoms with Gasteiger partial charge in [-0.15, -0.1) is 0 Å². The van der Waals surface area contributed by atoms with Gasteiger partial charge in [-0.3, -0.25) is 19.3 Å². The number of carbonyl (C=O) groups excluding carboxylic acids is 2. The molecule has 1 unspecified atom stereocenters. The Bertz CT molecular complexity index is 1590. The summed E-state index contributed by atoms with van der Waals surface area (Å²) in [5.41, 5.74) is 2.48. The monoisotopic (exact) mass is 546 g/mol. The van der Waals surface area contributed by atoms with Crippen molar-refractivity contribution >= 4 is 35.0 Å². The van der Waals surface area contributed by atoms with Gasteiger partial charge in [0.15, 0.2) is 17.2 Å². The molecule has 3 aromatic heterocycles. The molecule has 40 heavy (non-hydrogen) atoms. The van der Waals surface area contributed by atoms with Gasteiger partial charge in [0, 0.05) is 56.0 Å². The number of nitrogens with zero attached hydrogens (tertiary/aromatic N) is 7. The summed E-state index contributed by atoms with van der Waals surface area (Å²) in [7, 11) is 2.88. The van der Waals surface area contributed by atoms with E-state index >= 15 is 4.39 Å². The highest BCUT2D eigenvalue weighted by molar-refractivity contribution is 5.79. The predicted octanol–water partition coefficient (Wildman–Crippen LogP) is 2.47. The Hall–Kier alpha value is -4.81. The molecular formula is C27H27FN8O4. The van der Waals surface area contributed by atoms with E-state index in [4.69, 9.17) is 19.4 Å². The van der Waals surface area contributed by atoms with Crippen LogP contribution in [0.3, 0.4) is 0 Å². The summed E-state index contributed by atoms with van der Waals surface area (Å²) >= 11 is 0. The van der Waals surface area contributed by atoms with E-state index in [2.05, 4.69) is 15.4 Å². The van der Waals surface area contributed by atoms with E-state index in [1.807, 2.05) is 10.9 Å². The van der Waals surface area contributed by atoms with Crippen LogP contribution in [0.5, 0.6) is 11.5 Å². The van der Waals surface area contributed by atoms with Crippen LogP contribution >= 0.6 is 0 Å². The lowest BCUT2D eigenvalue weighted by molar-refractivity contribution is -0.123. The smallest absolute Gasteiger partial charge is 0.220 e. The van der Waals surface area contributed by atoms with Gasteiger partial charge in [-0.2, -0.15) is 5.10 Å². The minimum atomic E-state index is -0.578. The Morgan fingerprint density at radius 2 is 2.02 bits per heavy atom. The molecule has 0 bridgehead atoms. The fraction of sp³-hybridized carbons (Fsp3) is 0.333. The molecule has 2 saturated heterocycles. The van der Waals surface area contributed by atoms with E-state index in [0.29, 0.717) is 54.4 Å². The van der Waals surface area contributed by atoms with Gasteiger partial charge >= 0.3 is 0 Å². The second kappa shape index (κ2) is 10.4. The summed E-state index contributed by atoms with van der Waals surface area (Å²) in [6.45, 7) is 1.50. The molecule has 0 saturated carbocycles. The molecule has 2 aliphatic heterocycles. The van der Waals surface area contributed by atoms with Crippen LogP contribution in [0, 0.1) is 5.82 Å². The highest BCUT2D eigenvalue weighted by atomic mass is 19.1. The van der Waals surface area contributed by atoms with E-state index in [1.54, 1.807) is 40.4 Å². The van der Waals surface area contributed by atoms with Gasteiger partial charge in [0.05, 0.1) is 44.0 Å². The van der Waals surface area contributed by atoms with Crippen molar-refractivity contribution in [2.45, 2.75) is 24.9 Å². The van der Waals surface area contributed by atoms with Crippen molar-refractivity contribution in [1.82, 2.24) is 34.9 Å². The van der Waals surface area contributed by atoms with Crippen molar-refractivity contribution in [2.75, 3.05) is 38.8 Å². The van der Waals surface area contributed by atoms with Gasteiger partial charge in [0.1, 0.15) is 17.1 Å². The van der Waals surface area contributed by atoms with Gasteiger partial charge in [-0.1, -0.05) is 0 Å². The van der Waals surface area contributed by atoms with Crippen LogP contribution < -0.4 is 19.7 Å². The summed E-state index contributed by atoms with van der Waals surface area (Å²) in [5, 5.41) is 7.38. The molecule has 0 radical (unpaired) electrons. The first-order valence-corrected chi connectivity index (χ1v) is 12.8. The van der Waals surface area contributed by atoms with Gasteiger partial charge in [0.2, 0.25) is 12.3 Å². The molecule has 12 nitrogen and oxygen atoms in total. The lowest BCUT2D eigenvalue weighted by atomic mass is 10.1. The molecule has 1 atom stereocenters. The fourth-order valence-corrected chi connectivity index (χ4v) is 4.96. The zero-order valence-corrected chi connectivity index (χ0v) is 22.0. The molecule has 1 aromatic carbocycles. The summed E-state index contributed by atoms with van der Waals surface area (Å²) < 4.78 is 28.1. The predicted molar refractivity (Wildman–Crippen MR) is 143 cm³/mol. The quantitative estimate of drug-likeness (QED) is 0.315. The molecule has 5 heterocycles. The van der Waals surface area contributed by atoms with Gasteiger partial charge in [-0.05, 0) is 18.6 Å². The standard InChI is InChI=1S/C27H27FN8O4/c1-39-19-7-22(26(28)23(8-19)40-2)35(12-17-3-6-25(38)31-17)24-5-4-20-27(33-24)32-21(10-29-20)16-9-30-36(11-16)18-13-34(14-18)15-37/h4-5,7-11,15,17-18H,3,6,12-14H2,1-2H3,(H,31,38). The topological polar surface area (TPSA) is 128 Å². The molecule has 0 aliphatic carbocycles. The van der Waals surface area contributed by atoms with Crippen molar-refractivity contribution < 1.29 is 23.5 Å². The molecule has 2 fully saturated rings. The van der Waals surface area contributed by atoms with E-state index < -0.39 is 5.82 Å². The summed E-state index contributed by atoms with van der Waals surface area (Å²) in [5.74, 6) is 0.241. The molecule has 1 N–H and O–H groups in total. The number of hydrogen-bond donors (Lipinski definition) is 1. The third-order valence-corrected chi connectivity index (χ3v) is 7.21. The molecule has 2 amide bonds. The van der Waals surface area contributed by atoms with Gasteiger partial charge < -0.3 is 24.6 Å². The number of fused-ring (bicyclic) bond motifs is 1. The van der Waals surface area contributed by atoms with Crippen LogP contribution in [-0.2, 0) is 9.59 Å². The number of benzene rings is 1. The SMILES string of the molecule is COc1cc(OC)c(F)c(N(CC2CCC(=O)N2)c2ccc3ncc(-c4cnn(C5CN(C=O)C5)c4)nc3n2)c1. The number of halogens is 1. The number of anilines is 2. The Morgan fingerprint density at radius 1 is 1.18 bits per heavy atom. The van der Waals surface area contributed by atoms with Crippen LogP contribution in [-0.4, -0.2) is 81.8 Å². The number of aromatic nitrogens is 5. The van der Waals surface area contributed by atoms with Crippen molar-refractivity contribution in [3.63, 3.8) is 0 Å². The Kier molecular flexibility index (Phi) is 6.62. The van der Waals surface area contributed by atoms with Crippen LogP contribution in [0.1, 0.15) is 18.9 Å². The zero-order valence-electron chi connectivity index (χ0n) is 22.0. The van der Waals surface area contributed by atoms with Crippen molar-refractivity contribution in [1.29, 1.82) is 0 Å². The first-order valence-electron chi connectivity index (χ1n) is 12.8. The normalized spacial score (nSPS) is 17.0. The number of nitrogens with one attached hydrogen (secondary N) is 1. The van der Waals surface area contributed by atoms with E-state index in [0.717, 1.165) is 12.0 Å². The van der Waals surface area contributed by atoms with E-state index in [-0.39, 0.29) is 36.0 Å². The molecule has 4 aromatic rings. The highest BCUT2D eigenvalue weighted by Crippen LogP contribution is 2.37. The average molecular weight is 547 g/mol. The Balaban J connectivity index is 1.37. The molecular weight excluding hydrogens is 519 g/mol. The maximum atomic E-state index is 15.6. The second-order valence-electron chi connectivity index (χ2n) is 9.77. The van der Waals surface area contributed by atoms with Gasteiger partial charge in [-0.25, -0.2) is 14.4 Å². The first kappa shape index (κ1) is 25.5. The molecule has 0 spiro atoms. The molecule has 2 aliphatic rings. The number of amides is 2. The first-order chi connectivity index (χ1) is 19.4. The van der Waals surface area contributed by atoms with Crippen LogP contribution in [0.2, 0.25) is 0 Å². The number of methoxy groups -OCH3 is 2. The van der Waals surface area contributed by atoms with E-state index in [9.17, 15) is 9.59 Å². The maximum Gasteiger partial charge on any atom is 0.220 e. The summed E-state index contributed by atoms with van der Waals surface area (Å²) in [6, 6.07) is 6.48. The third kappa shape index (κ3) is 4.74. The minimum Gasteiger partial charge on any atom is -0.497 e. The fourth-order valence-electron chi connectivity index (χ4n) is 4.96. The number of rotatable bonds is 9. The maximum absolute atomic E-state index is 15.6. The number of pyridine rings is 1. The third-order valence-electron chi connectivity index (χ3n) is 7.21. The highest BCUT2D eigenvalue weighted by Gasteiger charge is 2.29.